The lowest BCUT2D eigenvalue weighted by atomic mass is 10.0. The minimum Gasteiger partial charge on any atom is -0.495 e. The molecule has 0 spiro atoms. The van der Waals surface area contributed by atoms with E-state index in [4.69, 9.17) is 10.6 Å². The first-order chi connectivity index (χ1) is 9.17. The molecule has 0 aliphatic rings. The molecule has 1 atom stereocenters. The highest BCUT2D eigenvalue weighted by atomic mass is 127. The summed E-state index contributed by atoms with van der Waals surface area (Å²) >= 11 is 5.82. The molecule has 0 aliphatic carbocycles. The van der Waals surface area contributed by atoms with Crippen molar-refractivity contribution in [3.8, 4) is 5.75 Å². The summed E-state index contributed by atoms with van der Waals surface area (Å²) in [5.41, 5.74) is 4.58. The molecule has 1 aromatic carbocycles. The van der Waals surface area contributed by atoms with Gasteiger partial charge in [0.05, 0.1) is 13.2 Å². The SMILES string of the molecule is COc1cccnc1C(NN)c1cc(I)ccc1Br. The highest BCUT2D eigenvalue weighted by Crippen LogP contribution is 2.32. The van der Waals surface area contributed by atoms with Crippen molar-refractivity contribution in [1.29, 1.82) is 0 Å². The van der Waals surface area contributed by atoms with Gasteiger partial charge in [-0.05, 0) is 58.5 Å². The normalized spacial score (nSPS) is 12.2. The molecule has 0 amide bonds. The highest BCUT2D eigenvalue weighted by molar-refractivity contribution is 14.1. The van der Waals surface area contributed by atoms with Crippen molar-refractivity contribution in [3.05, 3.63) is 55.8 Å². The Bertz CT molecular complexity index is 580. The third-order valence-electron chi connectivity index (χ3n) is 2.73. The van der Waals surface area contributed by atoms with Gasteiger partial charge in [-0.1, -0.05) is 15.9 Å². The smallest absolute Gasteiger partial charge is 0.142 e. The number of nitrogens with zero attached hydrogens (tertiary/aromatic N) is 1. The first-order valence-corrected chi connectivity index (χ1v) is 7.44. The Labute approximate surface area is 134 Å². The molecule has 19 heavy (non-hydrogen) atoms. The molecule has 0 aliphatic heterocycles. The molecule has 1 heterocycles. The molecule has 2 rings (SSSR count). The molecule has 1 aromatic heterocycles. The topological polar surface area (TPSA) is 60.2 Å². The molecular weight excluding hydrogens is 421 g/mol. The van der Waals surface area contributed by atoms with Gasteiger partial charge in [-0.2, -0.15) is 0 Å². The molecule has 100 valence electrons. The van der Waals surface area contributed by atoms with E-state index in [9.17, 15) is 0 Å². The van der Waals surface area contributed by atoms with E-state index in [0.717, 1.165) is 19.3 Å². The molecule has 0 saturated heterocycles. The molecule has 6 heteroatoms. The zero-order valence-corrected chi connectivity index (χ0v) is 14.0. The number of methoxy groups -OCH3 is 1. The molecule has 0 fully saturated rings. The van der Waals surface area contributed by atoms with E-state index in [2.05, 4.69) is 55.0 Å². The van der Waals surface area contributed by atoms with Crippen LogP contribution in [0, 0.1) is 3.57 Å². The van der Waals surface area contributed by atoms with E-state index >= 15 is 0 Å². The lowest BCUT2D eigenvalue weighted by molar-refractivity contribution is 0.400. The third-order valence-corrected chi connectivity index (χ3v) is 4.12. The van der Waals surface area contributed by atoms with Crippen LogP contribution in [-0.2, 0) is 0 Å². The minimum atomic E-state index is -0.236. The van der Waals surface area contributed by atoms with E-state index < -0.39 is 0 Å². The maximum atomic E-state index is 5.71. The van der Waals surface area contributed by atoms with Crippen LogP contribution in [0.4, 0.5) is 0 Å². The number of benzene rings is 1. The Morgan fingerprint density at radius 2 is 2.21 bits per heavy atom. The number of pyridine rings is 1. The van der Waals surface area contributed by atoms with Crippen LogP contribution in [-0.4, -0.2) is 12.1 Å². The predicted octanol–water partition coefficient (Wildman–Crippen LogP) is 3.01. The average molecular weight is 434 g/mol. The zero-order chi connectivity index (χ0) is 13.8. The summed E-state index contributed by atoms with van der Waals surface area (Å²) in [5, 5.41) is 0. The molecule has 1 unspecified atom stereocenters. The molecular formula is C13H13BrIN3O. The first-order valence-electron chi connectivity index (χ1n) is 5.57. The van der Waals surface area contributed by atoms with Gasteiger partial charge < -0.3 is 4.74 Å². The monoisotopic (exact) mass is 433 g/mol. The van der Waals surface area contributed by atoms with E-state index in [-0.39, 0.29) is 6.04 Å². The van der Waals surface area contributed by atoms with Crippen molar-refractivity contribution < 1.29 is 4.74 Å². The molecule has 3 N–H and O–H groups in total. The Hall–Kier alpha value is -0.700. The molecule has 4 nitrogen and oxygen atoms in total. The van der Waals surface area contributed by atoms with Gasteiger partial charge in [0.25, 0.3) is 0 Å². The van der Waals surface area contributed by atoms with Crippen LogP contribution in [0.2, 0.25) is 0 Å². The van der Waals surface area contributed by atoms with Gasteiger partial charge in [-0.3, -0.25) is 10.8 Å². The van der Waals surface area contributed by atoms with Gasteiger partial charge >= 0.3 is 0 Å². The number of ether oxygens (including phenoxy) is 1. The van der Waals surface area contributed by atoms with Gasteiger partial charge in [0, 0.05) is 14.2 Å². The summed E-state index contributed by atoms with van der Waals surface area (Å²) in [6, 6.07) is 9.55. The maximum Gasteiger partial charge on any atom is 0.142 e. The van der Waals surface area contributed by atoms with Gasteiger partial charge in [0.1, 0.15) is 11.4 Å². The van der Waals surface area contributed by atoms with Gasteiger partial charge in [-0.25, -0.2) is 5.43 Å². The van der Waals surface area contributed by atoms with Crippen molar-refractivity contribution in [2.45, 2.75) is 6.04 Å². The van der Waals surface area contributed by atoms with Crippen LogP contribution in [0.15, 0.2) is 41.0 Å². The van der Waals surface area contributed by atoms with E-state index in [1.807, 2.05) is 24.3 Å². The Kier molecular flexibility index (Phi) is 5.14. The number of halogens is 2. The van der Waals surface area contributed by atoms with Gasteiger partial charge in [-0.15, -0.1) is 0 Å². The summed E-state index contributed by atoms with van der Waals surface area (Å²) in [4.78, 5) is 4.38. The van der Waals surface area contributed by atoms with Crippen LogP contribution in [0.5, 0.6) is 5.75 Å². The molecule has 0 saturated carbocycles. The van der Waals surface area contributed by atoms with Crippen molar-refractivity contribution >= 4 is 38.5 Å². The van der Waals surface area contributed by atoms with Crippen molar-refractivity contribution in [1.82, 2.24) is 10.4 Å². The number of aromatic nitrogens is 1. The summed E-state index contributed by atoms with van der Waals surface area (Å²) in [7, 11) is 1.62. The lowest BCUT2D eigenvalue weighted by Crippen LogP contribution is -2.30. The second-order valence-corrected chi connectivity index (χ2v) is 5.96. The van der Waals surface area contributed by atoms with Crippen LogP contribution >= 0.6 is 38.5 Å². The fraction of sp³-hybridized carbons (Fsp3) is 0.154. The molecule has 0 bridgehead atoms. The van der Waals surface area contributed by atoms with E-state index in [0.29, 0.717) is 5.75 Å². The van der Waals surface area contributed by atoms with Crippen LogP contribution in [0.25, 0.3) is 0 Å². The van der Waals surface area contributed by atoms with Crippen molar-refractivity contribution in [2.75, 3.05) is 7.11 Å². The predicted molar refractivity (Wildman–Crippen MR) is 86.8 cm³/mol. The Morgan fingerprint density at radius 1 is 1.42 bits per heavy atom. The number of hydrogen-bond donors (Lipinski definition) is 2. The van der Waals surface area contributed by atoms with Crippen molar-refractivity contribution in [3.63, 3.8) is 0 Å². The van der Waals surface area contributed by atoms with Gasteiger partial charge in [0.2, 0.25) is 0 Å². The number of nitrogens with one attached hydrogen (secondary N) is 1. The second-order valence-electron chi connectivity index (χ2n) is 3.86. The molecule has 0 radical (unpaired) electrons. The summed E-state index contributed by atoms with van der Waals surface area (Å²) < 4.78 is 7.45. The quantitative estimate of drug-likeness (QED) is 0.442. The fourth-order valence-corrected chi connectivity index (χ4v) is 2.83. The summed E-state index contributed by atoms with van der Waals surface area (Å²) in [5.74, 6) is 6.42. The first kappa shape index (κ1) is 14.7. The standard InChI is InChI=1S/C13H13BrIN3O/c1-19-11-3-2-6-17-13(11)12(18-16)9-7-8(15)4-5-10(9)14/h2-7,12,18H,16H2,1H3. The molecule has 2 aromatic rings. The van der Waals surface area contributed by atoms with Crippen molar-refractivity contribution in [2.24, 2.45) is 5.84 Å². The van der Waals surface area contributed by atoms with Gasteiger partial charge in [0.15, 0.2) is 0 Å². The average Bonchev–Trinajstić information content (AvgIpc) is 2.44. The third kappa shape index (κ3) is 3.25. The second kappa shape index (κ2) is 6.65. The zero-order valence-electron chi connectivity index (χ0n) is 10.2. The highest BCUT2D eigenvalue weighted by Gasteiger charge is 2.20. The van der Waals surface area contributed by atoms with Crippen LogP contribution in [0.3, 0.4) is 0 Å². The van der Waals surface area contributed by atoms with E-state index in [1.54, 1.807) is 13.3 Å². The summed E-state index contributed by atoms with van der Waals surface area (Å²) in [6.07, 6.45) is 1.73. The largest absolute Gasteiger partial charge is 0.495 e. The number of nitrogens with two attached hydrogens (primary N) is 1. The van der Waals surface area contributed by atoms with E-state index in [1.165, 1.54) is 0 Å². The fourth-order valence-electron chi connectivity index (χ4n) is 1.84. The Morgan fingerprint density at radius 3 is 2.89 bits per heavy atom. The summed E-state index contributed by atoms with van der Waals surface area (Å²) in [6.45, 7) is 0. The lowest BCUT2D eigenvalue weighted by Gasteiger charge is -2.19. The van der Waals surface area contributed by atoms with Crippen LogP contribution in [0.1, 0.15) is 17.3 Å². The maximum absolute atomic E-state index is 5.71. The number of hydrazine groups is 1. The number of rotatable bonds is 4. The minimum absolute atomic E-state index is 0.236. The number of hydrogen-bond acceptors (Lipinski definition) is 4. The Balaban J connectivity index is 2.53. The van der Waals surface area contributed by atoms with Crippen LogP contribution < -0.4 is 16.0 Å².